The predicted octanol–water partition coefficient (Wildman–Crippen LogP) is 4.29. The van der Waals surface area contributed by atoms with Gasteiger partial charge >= 0.3 is 0 Å². The van der Waals surface area contributed by atoms with Crippen molar-refractivity contribution in [3.05, 3.63) is 39.6 Å². The maximum atomic E-state index is 10.6. The molecule has 1 aromatic rings. The third kappa shape index (κ3) is 5.85. The van der Waals surface area contributed by atoms with Gasteiger partial charge in [0.25, 0.3) is 0 Å². The van der Waals surface area contributed by atoms with Crippen molar-refractivity contribution in [3.63, 3.8) is 0 Å². The molecule has 0 fully saturated rings. The third-order valence-corrected chi connectivity index (χ3v) is 3.11. The summed E-state index contributed by atoms with van der Waals surface area (Å²) in [5, 5.41) is 10.6. The summed E-state index contributed by atoms with van der Waals surface area (Å²) in [4.78, 5) is 10.2. The zero-order valence-corrected chi connectivity index (χ0v) is 12.9. The normalized spacial score (nSPS) is 11.3. The second-order valence-corrected chi connectivity index (χ2v) is 4.86. The summed E-state index contributed by atoms with van der Waals surface area (Å²) in [7, 11) is 1.56. The van der Waals surface area contributed by atoms with Crippen LogP contribution in [-0.2, 0) is 0 Å². The number of hydrogen-bond acceptors (Lipinski definition) is 4. The Balaban J connectivity index is 2.70. The van der Waals surface area contributed by atoms with Gasteiger partial charge in [0.15, 0.2) is 11.5 Å². The molecule has 0 saturated heterocycles. The fourth-order valence-electron chi connectivity index (χ4n) is 1.90. The van der Waals surface area contributed by atoms with Crippen molar-refractivity contribution in [2.75, 3.05) is 13.7 Å². The zero-order chi connectivity index (χ0) is 15.7. The second-order valence-electron chi connectivity index (χ2n) is 4.86. The molecular weight excluding hydrogens is 270 g/mol. The second kappa shape index (κ2) is 9.00. The molecule has 0 saturated carbocycles. The summed E-state index contributed by atoms with van der Waals surface area (Å²) in [5.74, 6) is 1.26. The quantitative estimate of drug-likeness (QED) is 0.387. The van der Waals surface area contributed by atoms with Gasteiger partial charge in [-0.1, -0.05) is 32.3 Å². The molecular formula is C16H23NO4. The highest BCUT2D eigenvalue weighted by molar-refractivity contribution is 5.56. The maximum Gasteiger partial charge on any atom is 0.243 e. The number of rotatable bonds is 9. The standard InChI is InChI=1S/C16H23NO4/c1-4-5-6-7-10-21-15-9-8-14(12-16(15)20-3)11-13(2)17(18)19/h8-9,11-12H,4-7,10H2,1-3H3/b13-11+. The molecule has 5 heteroatoms. The Hall–Kier alpha value is -2.04. The van der Waals surface area contributed by atoms with Gasteiger partial charge in [-0.2, -0.15) is 0 Å². The van der Waals surface area contributed by atoms with E-state index in [0.717, 1.165) is 18.4 Å². The van der Waals surface area contributed by atoms with Crippen molar-refractivity contribution in [3.8, 4) is 11.5 Å². The van der Waals surface area contributed by atoms with E-state index in [4.69, 9.17) is 9.47 Å². The molecule has 0 radical (unpaired) electrons. The summed E-state index contributed by atoms with van der Waals surface area (Å²) >= 11 is 0. The van der Waals surface area contributed by atoms with E-state index in [1.54, 1.807) is 25.3 Å². The first kappa shape index (κ1) is 17.0. The molecule has 0 aliphatic rings. The Labute approximate surface area is 125 Å². The first-order chi connectivity index (χ1) is 10.1. The van der Waals surface area contributed by atoms with Crippen molar-refractivity contribution in [1.82, 2.24) is 0 Å². The van der Waals surface area contributed by atoms with Crippen LogP contribution in [0.5, 0.6) is 11.5 Å². The Kier molecular flexibility index (Phi) is 7.29. The average molecular weight is 293 g/mol. The van der Waals surface area contributed by atoms with Gasteiger partial charge < -0.3 is 9.47 Å². The van der Waals surface area contributed by atoms with Gasteiger partial charge in [0.1, 0.15) is 0 Å². The molecule has 0 N–H and O–H groups in total. The molecule has 116 valence electrons. The van der Waals surface area contributed by atoms with Crippen LogP contribution in [-0.4, -0.2) is 18.6 Å². The first-order valence-corrected chi connectivity index (χ1v) is 7.22. The van der Waals surface area contributed by atoms with E-state index in [1.165, 1.54) is 25.8 Å². The fourth-order valence-corrected chi connectivity index (χ4v) is 1.90. The summed E-state index contributed by atoms with van der Waals surface area (Å²) in [6, 6.07) is 5.32. The first-order valence-electron chi connectivity index (χ1n) is 7.22. The van der Waals surface area contributed by atoms with Crippen LogP contribution in [0.1, 0.15) is 45.1 Å². The average Bonchev–Trinajstić information content (AvgIpc) is 2.47. The Morgan fingerprint density at radius 2 is 2.05 bits per heavy atom. The topological polar surface area (TPSA) is 61.6 Å². The predicted molar refractivity (Wildman–Crippen MR) is 83.3 cm³/mol. The van der Waals surface area contributed by atoms with Gasteiger partial charge in [0.05, 0.1) is 18.6 Å². The monoisotopic (exact) mass is 293 g/mol. The maximum absolute atomic E-state index is 10.6. The van der Waals surface area contributed by atoms with Crippen LogP contribution in [0.4, 0.5) is 0 Å². The van der Waals surface area contributed by atoms with Crippen LogP contribution < -0.4 is 9.47 Å². The molecule has 0 aliphatic carbocycles. The minimum absolute atomic E-state index is 0.0882. The van der Waals surface area contributed by atoms with Gasteiger partial charge in [-0.25, -0.2) is 0 Å². The van der Waals surface area contributed by atoms with E-state index in [9.17, 15) is 10.1 Å². The molecule has 0 aliphatic heterocycles. The molecule has 0 heterocycles. The Morgan fingerprint density at radius 3 is 2.67 bits per heavy atom. The number of ether oxygens (including phenoxy) is 2. The van der Waals surface area contributed by atoms with Crippen molar-refractivity contribution in [2.45, 2.75) is 39.5 Å². The van der Waals surface area contributed by atoms with Crippen LogP contribution in [0.15, 0.2) is 23.9 Å². The molecule has 0 bridgehead atoms. The van der Waals surface area contributed by atoms with Crippen LogP contribution in [0.3, 0.4) is 0 Å². The fraction of sp³-hybridized carbons (Fsp3) is 0.500. The number of nitrogens with zero attached hydrogens (tertiary/aromatic N) is 1. The van der Waals surface area contributed by atoms with E-state index < -0.39 is 4.92 Å². The molecule has 1 rings (SSSR count). The molecule has 5 nitrogen and oxygen atoms in total. The Morgan fingerprint density at radius 1 is 1.29 bits per heavy atom. The van der Waals surface area contributed by atoms with Crippen LogP contribution in [0.25, 0.3) is 6.08 Å². The van der Waals surface area contributed by atoms with Gasteiger partial charge in [-0.3, -0.25) is 10.1 Å². The van der Waals surface area contributed by atoms with E-state index in [0.29, 0.717) is 18.1 Å². The van der Waals surface area contributed by atoms with Gasteiger partial charge in [0, 0.05) is 13.0 Å². The van der Waals surface area contributed by atoms with Gasteiger partial charge in [-0.15, -0.1) is 0 Å². The number of hydrogen-bond donors (Lipinski definition) is 0. The van der Waals surface area contributed by atoms with E-state index in [-0.39, 0.29) is 5.70 Å². The lowest BCUT2D eigenvalue weighted by molar-refractivity contribution is -0.422. The molecule has 1 aromatic carbocycles. The Bertz CT molecular complexity index is 497. The zero-order valence-electron chi connectivity index (χ0n) is 12.9. The highest BCUT2D eigenvalue weighted by atomic mass is 16.6. The van der Waals surface area contributed by atoms with Crippen molar-refractivity contribution in [1.29, 1.82) is 0 Å². The molecule has 0 atom stereocenters. The molecule has 0 amide bonds. The lowest BCUT2D eigenvalue weighted by Crippen LogP contribution is -2.00. The number of benzene rings is 1. The van der Waals surface area contributed by atoms with Crippen molar-refractivity contribution < 1.29 is 14.4 Å². The van der Waals surface area contributed by atoms with Crippen molar-refractivity contribution in [2.24, 2.45) is 0 Å². The highest BCUT2D eigenvalue weighted by Crippen LogP contribution is 2.29. The summed E-state index contributed by atoms with van der Waals surface area (Å²) in [6.45, 7) is 4.28. The van der Waals surface area contributed by atoms with Crippen molar-refractivity contribution >= 4 is 6.08 Å². The largest absolute Gasteiger partial charge is 0.493 e. The van der Waals surface area contributed by atoms with Gasteiger partial charge in [-0.05, 0) is 24.1 Å². The summed E-state index contributed by atoms with van der Waals surface area (Å²) < 4.78 is 11.0. The van der Waals surface area contributed by atoms with E-state index in [1.807, 2.05) is 0 Å². The molecule has 0 aromatic heterocycles. The lowest BCUT2D eigenvalue weighted by atomic mass is 10.1. The van der Waals surface area contributed by atoms with Crippen LogP contribution >= 0.6 is 0 Å². The molecule has 0 unspecified atom stereocenters. The minimum Gasteiger partial charge on any atom is -0.493 e. The summed E-state index contributed by atoms with van der Waals surface area (Å²) in [6.07, 6.45) is 6.08. The van der Waals surface area contributed by atoms with Gasteiger partial charge in [0.2, 0.25) is 5.70 Å². The smallest absolute Gasteiger partial charge is 0.243 e. The number of methoxy groups -OCH3 is 1. The number of unbranched alkanes of at least 4 members (excludes halogenated alkanes) is 3. The SMILES string of the molecule is CCCCCCOc1ccc(/C=C(\C)[N+](=O)[O-])cc1OC. The van der Waals surface area contributed by atoms with Crippen LogP contribution in [0, 0.1) is 10.1 Å². The minimum atomic E-state index is -0.412. The van der Waals surface area contributed by atoms with E-state index in [2.05, 4.69) is 6.92 Å². The lowest BCUT2D eigenvalue weighted by Gasteiger charge is -2.11. The van der Waals surface area contributed by atoms with Crippen LogP contribution in [0.2, 0.25) is 0 Å². The van der Waals surface area contributed by atoms with E-state index >= 15 is 0 Å². The highest BCUT2D eigenvalue weighted by Gasteiger charge is 2.07. The molecule has 21 heavy (non-hydrogen) atoms. The summed E-state index contributed by atoms with van der Waals surface area (Å²) in [5.41, 5.74) is 0.810. The third-order valence-electron chi connectivity index (χ3n) is 3.11. The number of allylic oxidation sites excluding steroid dienone is 1. The molecule has 0 spiro atoms. The number of nitro groups is 1.